The van der Waals surface area contributed by atoms with E-state index in [4.69, 9.17) is 5.41 Å². The van der Waals surface area contributed by atoms with Crippen LogP contribution in [0.3, 0.4) is 0 Å². The first-order valence-corrected chi connectivity index (χ1v) is 7.99. The lowest BCUT2D eigenvalue weighted by Gasteiger charge is -2.19. The predicted molar refractivity (Wildman–Crippen MR) is 87.9 cm³/mol. The van der Waals surface area contributed by atoms with Gasteiger partial charge in [0.05, 0.1) is 22.3 Å². The minimum atomic E-state index is -5.42. The Bertz CT molecular complexity index is 920. The van der Waals surface area contributed by atoms with Gasteiger partial charge in [0.2, 0.25) is 0 Å². The molecule has 0 aromatic heterocycles. The maximum absolute atomic E-state index is 12.9. The summed E-state index contributed by atoms with van der Waals surface area (Å²) in [5, 5.41) is 11.3. The maximum atomic E-state index is 12.9. The molecule has 2 aromatic carbocycles. The molecular formula is C17H9F12N3. The van der Waals surface area contributed by atoms with Crippen molar-refractivity contribution in [1.82, 2.24) is 0 Å². The molecule has 0 saturated heterocycles. The van der Waals surface area contributed by atoms with Crippen molar-refractivity contribution >= 4 is 17.3 Å². The molecule has 2 rings (SSSR count). The van der Waals surface area contributed by atoms with Gasteiger partial charge in [-0.15, -0.1) is 0 Å². The predicted octanol–water partition coefficient (Wildman–Crippen LogP) is 7.22. The Morgan fingerprint density at radius 2 is 0.781 bits per heavy atom. The molecule has 0 bridgehead atoms. The van der Waals surface area contributed by atoms with Crippen molar-refractivity contribution in [2.75, 3.05) is 10.6 Å². The van der Waals surface area contributed by atoms with Crippen LogP contribution >= 0.6 is 0 Å². The number of alkyl halides is 12. The first kappa shape index (κ1) is 25.1. The summed E-state index contributed by atoms with van der Waals surface area (Å²) in [5.41, 5.74) is -9.56. The van der Waals surface area contributed by atoms with E-state index in [1.807, 2.05) is 10.6 Å². The quantitative estimate of drug-likeness (QED) is 0.240. The standard InChI is InChI=1S/C17H9F12N3/c18-14(19,20)9-3-1-7(5-11(9)16(24,25)26)31-13(30)32-8-2-4-10(15(21,22)23)12(6-8)17(27,28)29/h1-6H,(H3,30,31,32). The lowest BCUT2D eigenvalue weighted by atomic mass is 10.1. The van der Waals surface area contributed by atoms with Gasteiger partial charge >= 0.3 is 24.7 Å². The third-order valence-electron chi connectivity index (χ3n) is 3.80. The Balaban J connectivity index is 2.32. The van der Waals surface area contributed by atoms with Gasteiger partial charge in [0.1, 0.15) is 0 Å². The number of anilines is 2. The van der Waals surface area contributed by atoms with E-state index in [9.17, 15) is 52.7 Å². The number of nitrogens with one attached hydrogen (secondary N) is 3. The Morgan fingerprint density at radius 1 is 0.500 bits per heavy atom. The van der Waals surface area contributed by atoms with Crippen LogP contribution in [0, 0.1) is 5.41 Å². The van der Waals surface area contributed by atoms with Gasteiger partial charge in [0.25, 0.3) is 0 Å². The maximum Gasteiger partial charge on any atom is 0.417 e. The Labute approximate surface area is 170 Å². The molecule has 3 nitrogen and oxygen atoms in total. The summed E-state index contributed by atoms with van der Waals surface area (Å²) in [7, 11) is 0. The second kappa shape index (κ2) is 8.09. The summed E-state index contributed by atoms with van der Waals surface area (Å²) >= 11 is 0. The molecular weight excluding hydrogens is 474 g/mol. The second-order valence-electron chi connectivity index (χ2n) is 6.14. The number of hydrogen-bond donors (Lipinski definition) is 3. The molecule has 0 radical (unpaired) electrons. The molecule has 32 heavy (non-hydrogen) atoms. The molecule has 0 amide bonds. The second-order valence-corrected chi connectivity index (χ2v) is 6.14. The fourth-order valence-electron chi connectivity index (χ4n) is 2.53. The van der Waals surface area contributed by atoms with Crippen LogP contribution in [0.2, 0.25) is 0 Å². The van der Waals surface area contributed by atoms with Crippen molar-refractivity contribution in [3.8, 4) is 0 Å². The number of hydrogen-bond acceptors (Lipinski definition) is 1. The third kappa shape index (κ3) is 5.97. The summed E-state index contributed by atoms with van der Waals surface area (Å²) < 4.78 is 154. The summed E-state index contributed by atoms with van der Waals surface area (Å²) in [5.74, 6) is -1.02. The molecule has 0 aliphatic carbocycles. The zero-order chi connectivity index (χ0) is 24.7. The summed E-state index contributed by atoms with van der Waals surface area (Å²) in [6, 6.07) is 1.26. The van der Waals surface area contributed by atoms with Gasteiger partial charge in [-0.3, -0.25) is 5.41 Å². The summed E-state index contributed by atoms with van der Waals surface area (Å²) in [4.78, 5) is 0. The van der Waals surface area contributed by atoms with Gasteiger partial charge in [-0.1, -0.05) is 0 Å². The van der Waals surface area contributed by atoms with E-state index in [1.165, 1.54) is 0 Å². The van der Waals surface area contributed by atoms with E-state index in [-0.39, 0.29) is 24.3 Å². The van der Waals surface area contributed by atoms with Crippen LogP contribution in [-0.4, -0.2) is 5.96 Å². The Morgan fingerprint density at radius 3 is 1.03 bits per heavy atom. The van der Waals surface area contributed by atoms with Gasteiger partial charge in [0.15, 0.2) is 5.96 Å². The molecule has 0 aliphatic heterocycles. The van der Waals surface area contributed by atoms with Crippen LogP contribution in [0.5, 0.6) is 0 Å². The number of guanidine groups is 1. The van der Waals surface area contributed by atoms with Crippen molar-refractivity contribution in [3.05, 3.63) is 58.7 Å². The topological polar surface area (TPSA) is 47.9 Å². The fourth-order valence-corrected chi connectivity index (χ4v) is 2.53. The number of rotatable bonds is 2. The van der Waals surface area contributed by atoms with Crippen molar-refractivity contribution in [2.24, 2.45) is 0 Å². The highest BCUT2D eigenvalue weighted by Crippen LogP contribution is 2.42. The molecule has 0 aliphatic rings. The molecule has 3 N–H and O–H groups in total. The zero-order valence-corrected chi connectivity index (χ0v) is 15.0. The lowest BCUT2D eigenvalue weighted by Crippen LogP contribution is -2.23. The van der Waals surface area contributed by atoms with Crippen LogP contribution in [0.1, 0.15) is 22.3 Å². The number of benzene rings is 2. The summed E-state index contributed by atoms with van der Waals surface area (Å²) in [6.07, 6.45) is -21.5. The van der Waals surface area contributed by atoms with Crippen LogP contribution < -0.4 is 10.6 Å². The largest absolute Gasteiger partial charge is 0.417 e. The van der Waals surface area contributed by atoms with E-state index in [0.29, 0.717) is 12.1 Å². The van der Waals surface area contributed by atoms with Gasteiger partial charge < -0.3 is 10.6 Å². The van der Waals surface area contributed by atoms with E-state index in [0.717, 1.165) is 0 Å². The first-order chi connectivity index (χ1) is 14.3. The molecule has 176 valence electrons. The van der Waals surface area contributed by atoms with Crippen molar-refractivity contribution in [3.63, 3.8) is 0 Å². The van der Waals surface area contributed by atoms with Crippen molar-refractivity contribution in [1.29, 1.82) is 5.41 Å². The SMILES string of the molecule is N=C(Nc1ccc(C(F)(F)F)c(C(F)(F)F)c1)Nc1ccc(C(F)(F)F)c(C(F)(F)F)c1. The normalized spacial score (nSPS) is 13.1. The highest BCUT2D eigenvalue weighted by Gasteiger charge is 2.44. The van der Waals surface area contributed by atoms with E-state index >= 15 is 0 Å². The average molecular weight is 483 g/mol. The van der Waals surface area contributed by atoms with Gasteiger partial charge in [-0.05, 0) is 36.4 Å². The van der Waals surface area contributed by atoms with Gasteiger partial charge in [0, 0.05) is 11.4 Å². The highest BCUT2D eigenvalue weighted by molar-refractivity contribution is 6.01. The Hall–Kier alpha value is -3.13. The van der Waals surface area contributed by atoms with Gasteiger partial charge in [-0.25, -0.2) is 0 Å². The minimum absolute atomic E-state index is 0.0208. The zero-order valence-electron chi connectivity index (χ0n) is 15.0. The molecule has 0 unspecified atom stereocenters. The average Bonchev–Trinajstić information content (AvgIpc) is 2.58. The molecule has 0 heterocycles. The number of halogens is 12. The van der Waals surface area contributed by atoms with E-state index in [2.05, 4.69) is 0 Å². The molecule has 0 fully saturated rings. The van der Waals surface area contributed by atoms with E-state index < -0.39 is 64.3 Å². The van der Waals surface area contributed by atoms with E-state index in [1.54, 1.807) is 0 Å². The van der Waals surface area contributed by atoms with Crippen LogP contribution in [0.25, 0.3) is 0 Å². The molecule has 0 atom stereocenters. The Kier molecular flexibility index (Phi) is 6.35. The minimum Gasteiger partial charge on any atom is -0.326 e. The summed E-state index contributed by atoms with van der Waals surface area (Å²) in [6.45, 7) is 0. The molecule has 0 saturated carbocycles. The first-order valence-electron chi connectivity index (χ1n) is 7.99. The van der Waals surface area contributed by atoms with Crippen LogP contribution in [0.15, 0.2) is 36.4 Å². The smallest absolute Gasteiger partial charge is 0.326 e. The van der Waals surface area contributed by atoms with Crippen molar-refractivity contribution < 1.29 is 52.7 Å². The molecule has 15 heteroatoms. The van der Waals surface area contributed by atoms with Crippen LogP contribution in [-0.2, 0) is 24.7 Å². The molecule has 2 aromatic rings. The fraction of sp³-hybridized carbons (Fsp3) is 0.235. The lowest BCUT2D eigenvalue weighted by molar-refractivity contribution is -0.162. The monoisotopic (exact) mass is 483 g/mol. The van der Waals surface area contributed by atoms with Gasteiger partial charge in [-0.2, -0.15) is 52.7 Å². The van der Waals surface area contributed by atoms with Crippen LogP contribution in [0.4, 0.5) is 64.1 Å². The van der Waals surface area contributed by atoms with Crippen molar-refractivity contribution in [2.45, 2.75) is 24.7 Å². The third-order valence-corrected chi connectivity index (χ3v) is 3.80. The highest BCUT2D eigenvalue weighted by atomic mass is 19.4. The molecule has 0 spiro atoms.